The second kappa shape index (κ2) is 7.90. The van der Waals surface area contributed by atoms with Crippen LogP contribution in [0.25, 0.3) is 0 Å². The standard InChI is InChI=1S/C9H19O2S/c1-4-6-7-10-9(5-2)11-8(3)12/h8-9H,4-7H2,1-3H3. The van der Waals surface area contributed by atoms with Gasteiger partial charge in [0.15, 0.2) is 6.29 Å². The quantitative estimate of drug-likeness (QED) is 0.455. The lowest BCUT2D eigenvalue weighted by atomic mass is 10.3. The maximum atomic E-state index is 5.45. The maximum absolute atomic E-state index is 5.45. The van der Waals surface area contributed by atoms with Crippen LogP contribution in [-0.2, 0) is 9.47 Å². The van der Waals surface area contributed by atoms with Crippen LogP contribution in [-0.4, -0.2) is 18.3 Å². The zero-order valence-corrected chi connectivity index (χ0v) is 9.02. The van der Waals surface area contributed by atoms with Crippen LogP contribution in [0.1, 0.15) is 40.0 Å². The van der Waals surface area contributed by atoms with Crippen LogP contribution in [0.15, 0.2) is 0 Å². The summed E-state index contributed by atoms with van der Waals surface area (Å²) < 4.78 is 10.8. The molecule has 0 rings (SSSR count). The number of unbranched alkanes of at least 4 members (excludes halogenated alkanes) is 1. The van der Waals surface area contributed by atoms with Gasteiger partial charge in [-0.1, -0.05) is 32.9 Å². The molecule has 0 fully saturated rings. The van der Waals surface area contributed by atoms with Crippen LogP contribution < -0.4 is 0 Å². The molecule has 0 N–H and O–H groups in total. The van der Waals surface area contributed by atoms with E-state index in [1.807, 2.05) is 13.8 Å². The number of hydrogen-bond acceptors (Lipinski definition) is 2. The summed E-state index contributed by atoms with van der Waals surface area (Å²) in [5.41, 5.74) is -0.156. The Morgan fingerprint density at radius 2 is 2.00 bits per heavy atom. The van der Waals surface area contributed by atoms with Crippen LogP contribution in [0.5, 0.6) is 0 Å². The lowest BCUT2D eigenvalue weighted by Gasteiger charge is -2.18. The van der Waals surface area contributed by atoms with E-state index in [9.17, 15) is 0 Å². The third-order valence-electron chi connectivity index (χ3n) is 1.48. The van der Waals surface area contributed by atoms with Gasteiger partial charge in [0.2, 0.25) is 0 Å². The minimum absolute atomic E-state index is 0.107. The lowest BCUT2D eigenvalue weighted by Crippen LogP contribution is -2.19. The summed E-state index contributed by atoms with van der Waals surface area (Å²) in [5.74, 6) is 0. The van der Waals surface area contributed by atoms with Crippen molar-refractivity contribution in [2.45, 2.75) is 51.8 Å². The molecule has 0 amide bonds. The van der Waals surface area contributed by atoms with Gasteiger partial charge in [-0.05, 0) is 19.8 Å². The van der Waals surface area contributed by atoms with E-state index in [2.05, 4.69) is 6.92 Å². The van der Waals surface area contributed by atoms with Crippen molar-refractivity contribution in [3.63, 3.8) is 0 Å². The van der Waals surface area contributed by atoms with Gasteiger partial charge in [-0.2, -0.15) is 0 Å². The highest BCUT2D eigenvalue weighted by molar-refractivity contribution is 7.80. The first-order chi connectivity index (χ1) is 5.70. The molecule has 1 radical (unpaired) electrons. The molecular weight excluding hydrogens is 172 g/mol. The second-order valence-electron chi connectivity index (χ2n) is 2.77. The summed E-state index contributed by atoms with van der Waals surface area (Å²) in [7, 11) is 0. The normalized spacial score (nSPS) is 16.0. The SMILES string of the molecule is CCCCOC(CC)OC(C)[S]. The Labute approximate surface area is 81.0 Å². The van der Waals surface area contributed by atoms with Crippen LogP contribution in [0.2, 0.25) is 0 Å². The van der Waals surface area contributed by atoms with Gasteiger partial charge in [0, 0.05) is 6.61 Å². The fraction of sp³-hybridized carbons (Fsp3) is 1.00. The Morgan fingerprint density at radius 1 is 1.33 bits per heavy atom. The molecule has 0 bridgehead atoms. The number of ether oxygens (including phenoxy) is 2. The molecule has 0 aliphatic heterocycles. The van der Waals surface area contributed by atoms with Crippen molar-refractivity contribution >= 4 is 12.6 Å². The summed E-state index contributed by atoms with van der Waals surface area (Å²) in [4.78, 5) is 0. The van der Waals surface area contributed by atoms with Crippen molar-refractivity contribution in [2.75, 3.05) is 6.61 Å². The third kappa shape index (κ3) is 6.95. The molecule has 12 heavy (non-hydrogen) atoms. The van der Waals surface area contributed by atoms with Crippen molar-refractivity contribution < 1.29 is 9.47 Å². The predicted molar refractivity (Wildman–Crippen MR) is 53.1 cm³/mol. The molecular formula is C9H19O2S. The first kappa shape index (κ1) is 12.3. The van der Waals surface area contributed by atoms with Gasteiger partial charge >= 0.3 is 0 Å². The molecule has 2 nitrogen and oxygen atoms in total. The highest BCUT2D eigenvalue weighted by atomic mass is 32.1. The van der Waals surface area contributed by atoms with Crippen LogP contribution in [0, 0.1) is 0 Å². The van der Waals surface area contributed by atoms with Gasteiger partial charge in [0.1, 0.15) is 5.44 Å². The number of hydrogen-bond donors (Lipinski definition) is 0. The minimum Gasteiger partial charge on any atom is -0.353 e. The lowest BCUT2D eigenvalue weighted by molar-refractivity contribution is -0.148. The maximum Gasteiger partial charge on any atom is 0.158 e. The first-order valence-electron chi connectivity index (χ1n) is 4.63. The van der Waals surface area contributed by atoms with E-state index in [-0.39, 0.29) is 11.7 Å². The van der Waals surface area contributed by atoms with Crippen LogP contribution in [0.3, 0.4) is 0 Å². The molecule has 0 aromatic heterocycles. The molecule has 2 unspecified atom stereocenters. The topological polar surface area (TPSA) is 18.5 Å². The van der Waals surface area contributed by atoms with Crippen molar-refractivity contribution in [2.24, 2.45) is 0 Å². The average molecular weight is 191 g/mol. The van der Waals surface area contributed by atoms with Crippen LogP contribution in [0.4, 0.5) is 0 Å². The smallest absolute Gasteiger partial charge is 0.158 e. The Balaban J connectivity index is 3.39. The van der Waals surface area contributed by atoms with Gasteiger partial charge in [-0.15, -0.1) is 0 Å². The van der Waals surface area contributed by atoms with Gasteiger partial charge < -0.3 is 9.47 Å². The zero-order chi connectivity index (χ0) is 9.40. The van der Waals surface area contributed by atoms with Gasteiger partial charge in [-0.3, -0.25) is 0 Å². The summed E-state index contributed by atoms with van der Waals surface area (Å²) >= 11 is 4.90. The highest BCUT2D eigenvalue weighted by Gasteiger charge is 2.08. The predicted octanol–water partition coefficient (Wildman–Crippen LogP) is 3.10. The second-order valence-corrected chi connectivity index (χ2v) is 3.43. The van der Waals surface area contributed by atoms with E-state index in [0.29, 0.717) is 0 Å². The molecule has 3 heteroatoms. The van der Waals surface area contributed by atoms with Crippen molar-refractivity contribution in [3.05, 3.63) is 0 Å². The van der Waals surface area contributed by atoms with Crippen LogP contribution >= 0.6 is 12.6 Å². The van der Waals surface area contributed by atoms with Gasteiger partial charge in [0.25, 0.3) is 0 Å². The Hall–Kier alpha value is 0.270. The van der Waals surface area contributed by atoms with E-state index < -0.39 is 0 Å². The molecule has 2 atom stereocenters. The van der Waals surface area contributed by atoms with Crippen molar-refractivity contribution in [1.29, 1.82) is 0 Å². The average Bonchev–Trinajstić information content (AvgIpc) is 2.02. The van der Waals surface area contributed by atoms with Crippen molar-refractivity contribution in [3.8, 4) is 0 Å². The monoisotopic (exact) mass is 191 g/mol. The Kier molecular flexibility index (Phi) is 8.07. The first-order valence-corrected chi connectivity index (χ1v) is 5.10. The van der Waals surface area contributed by atoms with Crippen molar-refractivity contribution in [1.82, 2.24) is 0 Å². The summed E-state index contributed by atoms with van der Waals surface area (Å²) in [6, 6.07) is 0. The molecule has 0 aliphatic rings. The number of rotatable bonds is 7. The summed E-state index contributed by atoms with van der Waals surface area (Å²) in [6.45, 7) is 6.80. The zero-order valence-electron chi connectivity index (χ0n) is 8.21. The van der Waals surface area contributed by atoms with E-state index in [0.717, 1.165) is 25.9 Å². The molecule has 0 saturated heterocycles. The fourth-order valence-corrected chi connectivity index (χ4v) is 0.950. The summed E-state index contributed by atoms with van der Waals surface area (Å²) in [6.07, 6.45) is 3.00. The minimum atomic E-state index is -0.156. The van der Waals surface area contributed by atoms with E-state index in [4.69, 9.17) is 22.1 Å². The molecule has 0 aromatic carbocycles. The highest BCUT2D eigenvalue weighted by Crippen LogP contribution is 2.07. The Morgan fingerprint density at radius 3 is 2.42 bits per heavy atom. The molecule has 0 spiro atoms. The molecule has 0 saturated carbocycles. The Bertz CT molecular complexity index is 96.5. The molecule has 73 valence electrons. The molecule has 0 aromatic rings. The van der Waals surface area contributed by atoms with E-state index >= 15 is 0 Å². The third-order valence-corrected chi connectivity index (χ3v) is 1.59. The molecule has 0 heterocycles. The fourth-order valence-electron chi connectivity index (χ4n) is 0.826. The largest absolute Gasteiger partial charge is 0.353 e. The van der Waals surface area contributed by atoms with E-state index in [1.165, 1.54) is 0 Å². The molecule has 0 aliphatic carbocycles. The van der Waals surface area contributed by atoms with Gasteiger partial charge in [-0.25, -0.2) is 0 Å². The van der Waals surface area contributed by atoms with Gasteiger partial charge in [0.05, 0.1) is 0 Å². The summed E-state index contributed by atoms with van der Waals surface area (Å²) in [5, 5.41) is 0. The van der Waals surface area contributed by atoms with E-state index in [1.54, 1.807) is 0 Å².